The minimum Gasteiger partial charge on any atom is -0.357 e. The lowest BCUT2D eigenvalue weighted by molar-refractivity contribution is 0.590. The molecule has 0 radical (unpaired) electrons. The molecule has 23 heavy (non-hydrogen) atoms. The first-order valence-electron chi connectivity index (χ1n) is 8.31. The SMILES string of the molecule is CCN(CC)c1cc(Nc2ccc(C(C)(C)C)cc2)nc(C)n1. The summed E-state index contributed by atoms with van der Waals surface area (Å²) in [7, 11) is 0. The zero-order valence-corrected chi connectivity index (χ0v) is 15.1. The fourth-order valence-corrected chi connectivity index (χ4v) is 2.53. The normalized spacial score (nSPS) is 11.4. The van der Waals surface area contributed by atoms with Crippen LogP contribution in [0.15, 0.2) is 30.3 Å². The van der Waals surface area contributed by atoms with Crippen LogP contribution < -0.4 is 10.2 Å². The molecule has 2 aromatic rings. The molecule has 0 unspecified atom stereocenters. The van der Waals surface area contributed by atoms with Crippen LogP contribution >= 0.6 is 0 Å². The number of nitrogens with one attached hydrogen (secondary N) is 1. The Balaban J connectivity index is 2.23. The van der Waals surface area contributed by atoms with E-state index >= 15 is 0 Å². The van der Waals surface area contributed by atoms with Gasteiger partial charge in [0.05, 0.1) is 0 Å². The maximum absolute atomic E-state index is 4.54. The van der Waals surface area contributed by atoms with Crippen LogP contribution in [0.3, 0.4) is 0 Å². The molecule has 0 aliphatic heterocycles. The smallest absolute Gasteiger partial charge is 0.136 e. The van der Waals surface area contributed by atoms with Crippen molar-refractivity contribution >= 4 is 17.3 Å². The molecular formula is C19H28N4. The Morgan fingerprint density at radius 2 is 1.61 bits per heavy atom. The number of nitrogens with zero attached hydrogens (tertiary/aromatic N) is 3. The van der Waals surface area contributed by atoms with Crippen molar-refractivity contribution in [2.45, 2.75) is 47.0 Å². The monoisotopic (exact) mass is 312 g/mol. The highest BCUT2D eigenvalue weighted by Gasteiger charge is 2.13. The zero-order chi connectivity index (χ0) is 17.0. The minimum absolute atomic E-state index is 0.167. The van der Waals surface area contributed by atoms with Crippen LogP contribution in [0.4, 0.5) is 17.3 Å². The summed E-state index contributed by atoms with van der Waals surface area (Å²) in [5.41, 5.74) is 2.53. The third kappa shape index (κ3) is 4.44. The predicted molar refractivity (Wildman–Crippen MR) is 98.8 cm³/mol. The Hall–Kier alpha value is -2.10. The molecule has 124 valence electrons. The molecule has 0 saturated heterocycles. The highest BCUT2D eigenvalue weighted by molar-refractivity contribution is 5.60. The molecular weight excluding hydrogens is 284 g/mol. The molecule has 0 spiro atoms. The summed E-state index contributed by atoms with van der Waals surface area (Å²) in [5, 5.41) is 3.39. The summed E-state index contributed by atoms with van der Waals surface area (Å²) in [6, 6.07) is 10.6. The molecule has 1 heterocycles. The highest BCUT2D eigenvalue weighted by atomic mass is 15.2. The van der Waals surface area contributed by atoms with E-state index < -0.39 is 0 Å². The van der Waals surface area contributed by atoms with Gasteiger partial charge in [0.15, 0.2) is 0 Å². The van der Waals surface area contributed by atoms with E-state index in [4.69, 9.17) is 0 Å². The van der Waals surface area contributed by atoms with E-state index in [1.165, 1.54) is 5.56 Å². The topological polar surface area (TPSA) is 41.0 Å². The van der Waals surface area contributed by atoms with Crippen molar-refractivity contribution in [3.05, 3.63) is 41.7 Å². The standard InChI is InChI=1S/C19H28N4/c1-7-23(8-2)18-13-17(20-14(3)21-18)22-16-11-9-15(10-12-16)19(4,5)6/h9-13H,7-8H2,1-6H3,(H,20,21,22). The average molecular weight is 312 g/mol. The second-order valence-electron chi connectivity index (χ2n) is 6.78. The molecule has 0 aliphatic carbocycles. The third-order valence-electron chi connectivity index (χ3n) is 3.94. The van der Waals surface area contributed by atoms with Gasteiger partial charge in [0.1, 0.15) is 17.5 Å². The van der Waals surface area contributed by atoms with Gasteiger partial charge in [-0.25, -0.2) is 9.97 Å². The Morgan fingerprint density at radius 1 is 1.00 bits per heavy atom. The number of aryl methyl sites for hydroxylation is 1. The van der Waals surface area contributed by atoms with Gasteiger partial charge in [-0.05, 0) is 43.9 Å². The van der Waals surface area contributed by atoms with Gasteiger partial charge in [-0.15, -0.1) is 0 Å². The number of aromatic nitrogens is 2. The maximum Gasteiger partial charge on any atom is 0.136 e. The third-order valence-corrected chi connectivity index (χ3v) is 3.94. The van der Waals surface area contributed by atoms with E-state index in [1.807, 2.05) is 13.0 Å². The molecule has 1 aromatic heterocycles. The van der Waals surface area contributed by atoms with Crippen LogP contribution in [0.5, 0.6) is 0 Å². The number of anilines is 3. The Labute approximate surface area is 140 Å². The van der Waals surface area contributed by atoms with E-state index in [1.54, 1.807) is 0 Å². The Morgan fingerprint density at radius 3 is 2.13 bits per heavy atom. The second-order valence-corrected chi connectivity index (χ2v) is 6.78. The van der Waals surface area contributed by atoms with Gasteiger partial charge in [0.25, 0.3) is 0 Å². The van der Waals surface area contributed by atoms with Crippen LogP contribution in [0.1, 0.15) is 46.0 Å². The number of rotatable bonds is 5. The van der Waals surface area contributed by atoms with Crippen molar-refractivity contribution < 1.29 is 0 Å². The number of benzene rings is 1. The summed E-state index contributed by atoms with van der Waals surface area (Å²) in [6.07, 6.45) is 0. The van der Waals surface area contributed by atoms with Gasteiger partial charge in [0, 0.05) is 24.8 Å². The second kappa shape index (κ2) is 6.99. The summed E-state index contributed by atoms with van der Waals surface area (Å²) < 4.78 is 0. The quantitative estimate of drug-likeness (QED) is 0.871. The van der Waals surface area contributed by atoms with E-state index in [2.05, 4.69) is 79.1 Å². The van der Waals surface area contributed by atoms with Gasteiger partial charge in [-0.1, -0.05) is 32.9 Å². The van der Waals surface area contributed by atoms with Crippen LogP contribution in [-0.2, 0) is 5.41 Å². The van der Waals surface area contributed by atoms with Crippen LogP contribution in [0.2, 0.25) is 0 Å². The predicted octanol–water partition coefficient (Wildman–Crippen LogP) is 4.67. The van der Waals surface area contributed by atoms with E-state index in [0.29, 0.717) is 0 Å². The Bertz CT molecular complexity index is 637. The van der Waals surface area contributed by atoms with Crippen molar-refractivity contribution in [2.75, 3.05) is 23.3 Å². The molecule has 0 bridgehead atoms. The summed E-state index contributed by atoms with van der Waals surface area (Å²) >= 11 is 0. The van der Waals surface area contributed by atoms with Gasteiger partial charge in [0.2, 0.25) is 0 Å². The van der Waals surface area contributed by atoms with Crippen molar-refractivity contribution in [3.8, 4) is 0 Å². The van der Waals surface area contributed by atoms with Crippen LogP contribution in [-0.4, -0.2) is 23.1 Å². The fraction of sp³-hybridized carbons (Fsp3) is 0.474. The van der Waals surface area contributed by atoms with Crippen molar-refractivity contribution in [2.24, 2.45) is 0 Å². The lowest BCUT2D eigenvalue weighted by Gasteiger charge is -2.21. The lowest BCUT2D eigenvalue weighted by Crippen LogP contribution is -2.23. The molecule has 0 aliphatic rings. The zero-order valence-electron chi connectivity index (χ0n) is 15.1. The molecule has 0 atom stereocenters. The summed E-state index contributed by atoms with van der Waals surface area (Å²) in [4.78, 5) is 11.3. The van der Waals surface area contributed by atoms with Gasteiger partial charge in [-0.2, -0.15) is 0 Å². The van der Waals surface area contributed by atoms with E-state index in [9.17, 15) is 0 Å². The largest absolute Gasteiger partial charge is 0.357 e. The fourth-order valence-electron chi connectivity index (χ4n) is 2.53. The van der Waals surface area contributed by atoms with Crippen LogP contribution in [0, 0.1) is 6.92 Å². The Kier molecular flexibility index (Phi) is 5.24. The van der Waals surface area contributed by atoms with Crippen molar-refractivity contribution in [1.29, 1.82) is 0 Å². The van der Waals surface area contributed by atoms with E-state index in [-0.39, 0.29) is 5.41 Å². The van der Waals surface area contributed by atoms with Gasteiger partial charge >= 0.3 is 0 Å². The minimum atomic E-state index is 0.167. The molecule has 0 saturated carbocycles. The summed E-state index contributed by atoms with van der Waals surface area (Å²) in [6.45, 7) is 14.7. The van der Waals surface area contributed by atoms with Gasteiger partial charge in [-0.3, -0.25) is 0 Å². The molecule has 4 heteroatoms. The summed E-state index contributed by atoms with van der Waals surface area (Å²) in [5.74, 6) is 2.59. The highest BCUT2D eigenvalue weighted by Crippen LogP contribution is 2.25. The molecule has 2 rings (SSSR count). The lowest BCUT2D eigenvalue weighted by atomic mass is 9.87. The first-order chi connectivity index (χ1) is 10.8. The molecule has 4 nitrogen and oxygen atoms in total. The molecule has 1 aromatic carbocycles. The first kappa shape index (κ1) is 17.3. The molecule has 0 fully saturated rings. The maximum atomic E-state index is 4.54. The van der Waals surface area contributed by atoms with Crippen molar-refractivity contribution in [3.63, 3.8) is 0 Å². The molecule has 0 amide bonds. The van der Waals surface area contributed by atoms with Crippen LogP contribution in [0.25, 0.3) is 0 Å². The van der Waals surface area contributed by atoms with Crippen molar-refractivity contribution in [1.82, 2.24) is 9.97 Å². The van der Waals surface area contributed by atoms with Gasteiger partial charge < -0.3 is 10.2 Å². The number of hydrogen-bond donors (Lipinski definition) is 1. The average Bonchev–Trinajstić information content (AvgIpc) is 2.47. The molecule has 1 N–H and O–H groups in total. The first-order valence-corrected chi connectivity index (χ1v) is 8.31. The number of hydrogen-bond acceptors (Lipinski definition) is 4. The van der Waals surface area contributed by atoms with E-state index in [0.717, 1.165) is 36.2 Å².